The Bertz CT molecular complexity index is 804. The number of hydrogen-bond donors (Lipinski definition) is 2. The van der Waals surface area contributed by atoms with Gasteiger partial charge in [0.15, 0.2) is 5.96 Å². The highest BCUT2D eigenvalue weighted by Crippen LogP contribution is 2.40. The average Bonchev–Trinajstić information content (AvgIpc) is 3.20. The van der Waals surface area contributed by atoms with Crippen LogP contribution in [0.3, 0.4) is 0 Å². The second-order valence-electron chi connectivity index (χ2n) is 6.62. The van der Waals surface area contributed by atoms with Crippen LogP contribution in [0.2, 0.25) is 0 Å². The molecule has 1 unspecified atom stereocenters. The number of hydrogen-bond acceptors (Lipinski definition) is 5. The van der Waals surface area contributed by atoms with E-state index >= 15 is 0 Å². The van der Waals surface area contributed by atoms with Crippen molar-refractivity contribution in [2.45, 2.75) is 31.8 Å². The van der Waals surface area contributed by atoms with Crippen LogP contribution in [0.1, 0.15) is 31.2 Å². The molecule has 2 heterocycles. The normalized spacial score (nSPS) is 18.4. The molecular weight excluding hydrogens is 346 g/mol. The van der Waals surface area contributed by atoms with Crippen molar-refractivity contribution in [3.63, 3.8) is 0 Å². The molecule has 0 radical (unpaired) electrons. The summed E-state index contributed by atoms with van der Waals surface area (Å²) in [5, 5.41) is 7.59. The van der Waals surface area contributed by atoms with E-state index in [0.29, 0.717) is 25.4 Å². The van der Waals surface area contributed by atoms with Crippen molar-refractivity contribution in [2.75, 3.05) is 20.3 Å². The molecule has 27 heavy (non-hydrogen) atoms. The van der Waals surface area contributed by atoms with Gasteiger partial charge >= 0.3 is 0 Å². The van der Waals surface area contributed by atoms with E-state index in [2.05, 4.69) is 0 Å². The molecule has 3 rings (SSSR count). The van der Waals surface area contributed by atoms with Crippen molar-refractivity contribution in [1.29, 1.82) is 5.41 Å². The van der Waals surface area contributed by atoms with Crippen molar-refractivity contribution in [3.05, 3.63) is 42.2 Å². The van der Waals surface area contributed by atoms with Crippen molar-refractivity contribution in [2.24, 2.45) is 5.73 Å². The highest BCUT2D eigenvalue weighted by Gasteiger charge is 2.35. The molecule has 0 fully saturated rings. The number of fused-ring (bicyclic) bond motifs is 1. The standard InChI is InChI=1S/C20H25N3O4/c1-3-8-25-12-14-11-16(19(24)23(2)20(21)22)15-10-13(6-7-18(15)27-14)17-5-4-9-26-17/h4-7,9-10,14,16H,3,8,11-12H2,1-2H3,(H3,21,22)/t14-,16?/m1/s1. The zero-order chi connectivity index (χ0) is 19.4. The number of benzene rings is 1. The maximum absolute atomic E-state index is 13.0. The molecule has 1 amide bonds. The Kier molecular flexibility index (Phi) is 5.81. The molecule has 3 N–H and O–H groups in total. The molecule has 2 aromatic rings. The maximum Gasteiger partial charge on any atom is 0.236 e. The lowest BCUT2D eigenvalue weighted by atomic mass is 9.87. The summed E-state index contributed by atoms with van der Waals surface area (Å²) in [6.07, 6.45) is 2.77. The van der Waals surface area contributed by atoms with E-state index in [0.717, 1.165) is 23.3 Å². The quantitative estimate of drug-likeness (QED) is 0.462. The Morgan fingerprint density at radius 3 is 2.89 bits per heavy atom. The molecule has 0 saturated carbocycles. The number of rotatable bonds is 6. The van der Waals surface area contributed by atoms with Gasteiger partial charge < -0.3 is 19.6 Å². The smallest absolute Gasteiger partial charge is 0.236 e. The summed E-state index contributed by atoms with van der Waals surface area (Å²) in [5.74, 6) is 0.389. The number of nitrogens with two attached hydrogens (primary N) is 1. The first kappa shape index (κ1) is 19.0. The summed E-state index contributed by atoms with van der Waals surface area (Å²) in [5.41, 5.74) is 7.16. The lowest BCUT2D eigenvalue weighted by Crippen LogP contribution is -2.43. The predicted molar refractivity (Wildman–Crippen MR) is 102 cm³/mol. The van der Waals surface area contributed by atoms with Gasteiger partial charge in [0.05, 0.1) is 18.8 Å². The minimum absolute atomic E-state index is 0.229. The van der Waals surface area contributed by atoms with Crippen molar-refractivity contribution < 1.29 is 18.7 Å². The third kappa shape index (κ3) is 4.14. The predicted octanol–water partition coefficient (Wildman–Crippen LogP) is 2.96. The van der Waals surface area contributed by atoms with Crippen molar-refractivity contribution >= 4 is 11.9 Å². The maximum atomic E-state index is 13.0. The summed E-state index contributed by atoms with van der Waals surface area (Å²) in [4.78, 5) is 14.1. The molecule has 2 atom stereocenters. The molecule has 7 nitrogen and oxygen atoms in total. The molecule has 0 saturated heterocycles. The number of furan rings is 1. The van der Waals surface area contributed by atoms with Crippen LogP contribution in [0.4, 0.5) is 0 Å². The topological polar surface area (TPSA) is 102 Å². The SMILES string of the molecule is CCCOC[C@H]1CC(C(=O)N(C)C(=N)N)c2cc(-c3ccco3)ccc2O1. The number of carbonyl (C=O) groups excluding carboxylic acids is 1. The molecule has 0 spiro atoms. The first-order valence-electron chi connectivity index (χ1n) is 9.05. The van der Waals surface area contributed by atoms with Gasteiger partial charge in [-0.3, -0.25) is 15.1 Å². The molecule has 144 valence electrons. The Balaban J connectivity index is 1.93. The molecular formula is C20H25N3O4. The van der Waals surface area contributed by atoms with E-state index in [-0.39, 0.29) is 18.0 Å². The van der Waals surface area contributed by atoms with Crippen LogP contribution in [0, 0.1) is 5.41 Å². The third-order valence-corrected chi connectivity index (χ3v) is 4.63. The van der Waals surface area contributed by atoms with Gasteiger partial charge in [0.2, 0.25) is 5.91 Å². The minimum atomic E-state index is -0.465. The summed E-state index contributed by atoms with van der Waals surface area (Å²) < 4.78 is 17.2. The van der Waals surface area contributed by atoms with Crippen molar-refractivity contribution in [1.82, 2.24) is 4.90 Å². The van der Waals surface area contributed by atoms with Crippen LogP contribution in [0.25, 0.3) is 11.3 Å². The number of likely N-dealkylation sites (N-methyl/N-ethyl adjacent to an activating group) is 1. The molecule has 1 aromatic carbocycles. The van der Waals surface area contributed by atoms with Gasteiger partial charge in [-0.1, -0.05) is 6.92 Å². The second-order valence-corrected chi connectivity index (χ2v) is 6.62. The molecule has 0 aliphatic carbocycles. The molecule has 1 aliphatic heterocycles. The third-order valence-electron chi connectivity index (χ3n) is 4.63. The number of nitrogens with one attached hydrogen (secondary N) is 1. The van der Waals surface area contributed by atoms with Gasteiger partial charge in [-0.05, 0) is 36.8 Å². The molecule has 1 aliphatic rings. The van der Waals surface area contributed by atoms with Crippen LogP contribution >= 0.6 is 0 Å². The summed E-state index contributed by atoms with van der Waals surface area (Å²) in [7, 11) is 1.51. The number of guanidine groups is 1. The van der Waals surface area contributed by atoms with E-state index in [4.69, 9.17) is 25.0 Å². The zero-order valence-electron chi connectivity index (χ0n) is 15.6. The van der Waals surface area contributed by atoms with E-state index in [1.54, 1.807) is 6.26 Å². The first-order valence-corrected chi connectivity index (χ1v) is 9.05. The Morgan fingerprint density at radius 1 is 1.41 bits per heavy atom. The molecule has 1 aromatic heterocycles. The Labute approximate surface area is 158 Å². The summed E-state index contributed by atoms with van der Waals surface area (Å²) in [6, 6.07) is 9.36. The van der Waals surface area contributed by atoms with Gasteiger partial charge in [0.1, 0.15) is 17.6 Å². The van der Waals surface area contributed by atoms with E-state index in [1.807, 2.05) is 37.3 Å². The van der Waals surface area contributed by atoms with E-state index < -0.39 is 5.92 Å². The fraction of sp³-hybridized carbons (Fsp3) is 0.400. The minimum Gasteiger partial charge on any atom is -0.488 e. The van der Waals surface area contributed by atoms with Gasteiger partial charge in [-0.2, -0.15) is 0 Å². The van der Waals surface area contributed by atoms with Crippen LogP contribution in [0.15, 0.2) is 41.0 Å². The highest BCUT2D eigenvalue weighted by molar-refractivity contribution is 5.98. The monoisotopic (exact) mass is 371 g/mol. The van der Waals surface area contributed by atoms with Crippen LogP contribution in [-0.4, -0.2) is 43.1 Å². The zero-order valence-corrected chi connectivity index (χ0v) is 15.6. The Morgan fingerprint density at radius 2 is 2.22 bits per heavy atom. The average molecular weight is 371 g/mol. The highest BCUT2D eigenvalue weighted by atomic mass is 16.5. The molecule has 0 bridgehead atoms. The van der Waals surface area contributed by atoms with Crippen LogP contribution in [-0.2, 0) is 9.53 Å². The number of nitrogens with zero attached hydrogens (tertiary/aromatic N) is 1. The molecule has 7 heteroatoms. The lowest BCUT2D eigenvalue weighted by molar-refractivity contribution is -0.129. The lowest BCUT2D eigenvalue weighted by Gasteiger charge is -2.33. The van der Waals surface area contributed by atoms with Gasteiger partial charge in [0, 0.05) is 31.2 Å². The fourth-order valence-corrected chi connectivity index (χ4v) is 3.19. The van der Waals surface area contributed by atoms with Crippen molar-refractivity contribution in [3.8, 4) is 17.1 Å². The number of carbonyl (C=O) groups is 1. The fourth-order valence-electron chi connectivity index (χ4n) is 3.19. The van der Waals surface area contributed by atoms with Gasteiger partial charge in [-0.25, -0.2) is 0 Å². The largest absolute Gasteiger partial charge is 0.488 e. The number of ether oxygens (including phenoxy) is 2. The second kappa shape index (κ2) is 8.26. The Hall–Kier alpha value is -2.80. The summed E-state index contributed by atoms with van der Waals surface area (Å²) >= 11 is 0. The number of amides is 1. The first-order chi connectivity index (χ1) is 13.0. The summed E-state index contributed by atoms with van der Waals surface area (Å²) in [6.45, 7) is 3.11. The van der Waals surface area contributed by atoms with Crippen LogP contribution in [0.5, 0.6) is 5.75 Å². The van der Waals surface area contributed by atoms with Crippen LogP contribution < -0.4 is 10.5 Å². The van der Waals surface area contributed by atoms with Gasteiger partial charge in [-0.15, -0.1) is 0 Å². The van der Waals surface area contributed by atoms with E-state index in [1.165, 1.54) is 11.9 Å². The van der Waals surface area contributed by atoms with E-state index in [9.17, 15) is 4.79 Å². The van der Waals surface area contributed by atoms with Gasteiger partial charge in [0.25, 0.3) is 0 Å².